The molecule has 3 rings (SSSR count). The van der Waals surface area contributed by atoms with E-state index in [4.69, 9.17) is 10.00 Å². The fourth-order valence-electron chi connectivity index (χ4n) is 4.26. The highest BCUT2D eigenvalue weighted by molar-refractivity contribution is 5.35. The molecule has 0 bridgehead atoms. The summed E-state index contributed by atoms with van der Waals surface area (Å²) in [6.45, 7) is 2.26. The third kappa shape index (κ3) is 6.03. The lowest BCUT2D eigenvalue weighted by Gasteiger charge is -2.28. The molecule has 2 aromatic rings. The Morgan fingerprint density at radius 3 is 2.07 bits per heavy atom. The van der Waals surface area contributed by atoms with Crippen molar-refractivity contribution >= 4 is 0 Å². The fraction of sp³-hybridized carbons (Fsp3) is 0.480. The first-order valence-corrected chi connectivity index (χ1v) is 10.7. The van der Waals surface area contributed by atoms with Crippen LogP contribution in [0, 0.1) is 23.2 Å². The summed E-state index contributed by atoms with van der Waals surface area (Å²) in [5, 5.41) is 8.79. The van der Waals surface area contributed by atoms with Crippen LogP contribution >= 0.6 is 0 Å². The molecule has 0 aromatic heterocycles. The summed E-state index contributed by atoms with van der Waals surface area (Å²) in [5.74, 6) is 1.72. The highest BCUT2D eigenvalue weighted by atomic mass is 19.3. The van der Waals surface area contributed by atoms with Crippen molar-refractivity contribution in [3.63, 3.8) is 0 Å². The van der Waals surface area contributed by atoms with Gasteiger partial charge >= 0.3 is 6.11 Å². The van der Waals surface area contributed by atoms with Crippen molar-refractivity contribution < 1.29 is 13.5 Å². The number of halogens is 2. The van der Waals surface area contributed by atoms with Crippen LogP contribution < -0.4 is 4.74 Å². The minimum atomic E-state index is -3.41. The van der Waals surface area contributed by atoms with Crippen molar-refractivity contribution in [1.82, 2.24) is 0 Å². The summed E-state index contributed by atoms with van der Waals surface area (Å²) < 4.78 is 33.8. The molecule has 0 aliphatic heterocycles. The average Bonchev–Trinajstić information content (AvgIpc) is 2.74. The summed E-state index contributed by atoms with van der Waals surface area (Å²) in [4.78, 5) is 0. The SMILES string of the molecule is CCC[C@H]1CC[C@H](CCc2ccc(C(F)(F)Oc3ccc(C#N)cc3)cc2)CC1. The fourth-order valence-corrected chi connectivity index (χ4v) is 4.26. The van der Waals surface area contributed by atoms with Crippen LogP contribution in [0.25, 0.3) is 0 Å². The van der Waals surface area contributed by atoms with Crippen molar-refractivity contribution in [3.8, 4) is 11.8 Å². The molecule has 29 heavy (non-hydrogen) atoms. The average molecular weight is 398 g/mol. The Kier molecular flexibility index (Phi) is 7.25. The maximum atomic E-state index is 14.4. The van der Waals surface area contributed by atoms with E-state index in [1.807, 2.05) is 6.07 Å². The second kappa shape index (κ2) is 9.87. The van der Waals surface area contributed by atoms with Crippen LogP contribution in [0.15, 0.2) is 48.5 Å². The van der Waals surface area contributed by atoms with Crippen LogP contribution in [0.1, 0.15) is 68.6 Å². The van der Waals surface area contributed by atoms with E-state index < -0.39 is 6.11 Å². The van der Waals surface area contributed by atoms with Crippen LogP contribution in [0.3, 0.4) is 0 Å². The van der Waals surface area contributed by atoms with Gasteiger partial charge in [0.05, 0.1) is 17.2 Å². The van der Waals surface area contributed by atoms with E-state index >= 15 is 0 Å². The number of rotatable bonds is 8. The molecule has 1 fully saturated rings. The van der Waals surface area contributed by atoms with Gasteiger partial charge in [-0.15, -0.1) is 0 Å². The molecule has 0 saturated heterocycles. The number of alkyl halides is 2. The Morgan fingerprint density at radius 2 is 1.52 bits per heavy atom. The Labute approximate surface area is 172 Å². The predicted octanol–water partition coefficient (Wildman–Crippen LogP) is 7.23. The van der Waals surface area contributed by atoms with Gasteiger partial charge in [0.15, 0.2) is 0 Å². The lowest BCUT2D eigenvalue weighted by Crippen LogP contribution is -2.21. The lowest BCUT2D eigenvalue weighted by atomic mass is 9.78. The molecule has 1 aliphatic carbocycles. The molecule has 2 nitrogen and oxygen atoms in total. The van der Waals surface area contributed by atoms with Crippen LogP contribution in [-0.4, -0.2) is 0 Å². The summed E-state index contributed by atoms with van der Waals surface area (Å²) in [6, 6.07) is 14.1. The molecule has 0 heterocycles. The molecule has 154 valence electrons. The number of nitrogens with zero attached hydrogens (tertiary/aromatic N) is 1. The van der Waals surface area contributed by atoms with Crippen molar-refractivity contribution in [1.29, 1.82) is 5.26 Å². The van der Waals surface area contributed by atoms with Crippen molar-refractivity contribution in [2.45, 2.75) is 64.4 Å². The summed E-state index contributed by atoms with van der Waals surface area (Å²) in [5.41, 5.74) is 1.34. The number of hydrogen-bond donors (Lipinski definition) is 0. The molecule has 0 unspecified atom stereocenters. The van der Waals surface area contributed by atoms with Gasteiger partial charge in [-0.1, -0.05) is 57.6 Å². The van der Waals surface area contributed by atoms with Crippen LogP contribution in [0.4, 0.5) is 8.78 Å². The van der Waals surface area contributed by atoms with Gasteiger partial charge in [-0.3, -0.25) is 0 Å². The molecular formula is C25H29F2NO. The molecule has 4 heteroatoms. The molecule has 0 amide bonds. The number of benzene rings is 2. The lowest BCUT2D eigenvalue weighted by molar-refractivity contribution is -0.185. The molecule has 0 spiro atoms. The van der Waals surface area contributed by atoms with E-state index in [0.717, 1.165) is 30.2 Å². The largest absolute Gasteiger partial charge is 0.429 e. The van der Waals surface area contributed by atoms with E-state index in [-0.39, 0.29) is 11.3 Å². The highest BCUT2D eigenvalue weighted by Crippen LogP contribution is 2.35. The van der Waals surface area contributed by atoms with E-state index in [1.54, 1.807) is 12.1 Å². The zero-order chi connectivity index (χ0) is 20.7. The smallest absolute Gasteiger partial charge is 0.426 e. The van der Waals surface area contributed by atoms with Crippen LogP contribution in [0.2, 0.25) is 0 Å². The first kappa shape index (κ1) is 21.3. The summed E-state index contributed by atoms with van der Waals surface area (Å²) in [6.07, 6.45) is 6.59. The van der Waals surface area contributed by atoms with Gasteiger partial charge < -0.3 is 4.74 Å². The van der Waals surface area contributed by atoms with Crippen molar-refractivity contribution in [2.75, 3.05) is 0 Å². The zero-order valence-corrected chi connectivity index (χ0v) is 17.0. The predicted molar refractivity (Wildman–Crippen MR) is 111 cm³/mol. The molecular weight excluding hydrogens is 368 g/mol. The van der Waals surface area contributed by atoms with E-state index in [0.29, 0.717) is 5.56 Å². The maximum absolute atomic E-state index is 14.4. The van der Waals surface area contributed by atoms with Gasteiger partial charge in [-0.25, -0.2) is 0 Å². The first-order chi connectivity index (χ1) is 14.0. The van der Waals surface area contributed by atoms with E-state index in [9.17, 15) is 8.78 Å². The standard InChI is InChI=1S/C25H29F2NO/c1-2-3-19-4-6-20(7-5-19)8-9-21-10-14-23(15-11-21)25(26,27)29-24-16-12-22(18-28)13-17-24/h10-17,19-20H,2-9H2,1H3/t19-,20-. The molecule has 0 radical (unpaired) electrons. The maximum Gasteiger partial charge on any atom is 0.426 e. The van der Waals surface area contributed by atoms with Gasteiger partial charge in [0.2, 0.25) is 0 Å². The van der Waals surface area contributed by atoms with Gasteiger partial charge in [-0.05, 0) is 66.6 Å². The van der Waals surface area contributed by atoms with E-state index in [1.165, 1.54) is 74.9 Å². The van der Waals surface area contributed by atoms with Gasteiger partial charge in [-0.2, -0.15) is 14.0 Å². The van der Waals surface area contributed by atoms with Crippen molar-refractivity contribution in [2.24, 2.45) is 11.8 Å². The minimum absolute atomic E-state index is 0.0387. The number of aryl methyl sites for hydroxylation is 1. The molecule has 0 N–H and O–H groups in total. The topological polar surface area (TPSA) is 33.0 Å². The van der Waals surface area contributed by atoms with E-state index in [2.05, 4.69) is 6.92 Å². The Morgan fingerprint density at radius 1 is 0.931 bits per heavy atom. The monoisotopic (exact) mass is 397 g/mol. The third-order valence-electron chi connectivity index (χ3n) is 6.02. The highest BCUT2D eigenvalue weighted by Gasteiger charge is 2.34. The Hall–Kier alpha value is -2.41. The Bertz CT molecular complexity index is 800. The van der Waals surface area contributed by atoms with Gasteiger partial charge in [0, 0.05) is 0 Å². The quantitative estimate of drug-likeness (QED) is 0.471. The van der Waals surface area contributed by atoms with Gasteiger partial charge in [0.1, 0.15) is 5.75 Å². The number of ether oxygens (including phenoxy) is 1. The first-order valence-electron chi connectivity index (χ1n) is 10.7. The molecule has 2 aromatic carbocycles. The van der Waals surface area contributed by atoms with Crippen molar-refractivity contribution in [3.05, 3.63) is 65.2 Å². The second-order valence-corrected chi connectivity index (χ2v) is 8.17. The number of hydrogen-bond acceptors (Lipinski definition) is 2. The molecule has 1 aliphatic rings. The summed E-state index contributed by atoms with van der Waals surface area (Å²) in [7, 11) is 0. The minimum Gasteiger partial charge on any atom is -0.429 e. The zero-order valence-electron chi connectivity index (χ0n) is 17.0. The summed E-state index contributed by atoms with van der Waals surface area (Å²) >= 11 is 0. The normalized spacial score (nSPS) is 19.5. The molecule has 0 atom stereocenters. The Balaban J connectivity index is 1.51. The van der Waals surface area contributed by atoms with Gasteiger partial charge in [0.25, 0.3) is 0 Å². The van der Waals surface area contributed by atoms with Crippen LogP contribution in [-0.2, 0) is 12.5 Å². The van der Waals surface area contributed by atoms with Crippen LogP contribution in [0.5, 0.6) is 5.75 Å². The second-order valence-electron chi connectivity index (χ2n) is 8.17. The molecule has 1 saturated carbocycles. The number of nitriles is 1. The third-order valence-corrected chi connectivity index (χ3v) is 6.02.